The summed E-state index contributed by atoms with van der Waals surface area (Å²) in [4.78, 5) is 0. The molecule has 0 bridgehead atoms. The largest absolute Gasteiger partial charge is 0.409 e. The predicted molar refractivity (Wildman–Crippen MR) is 79.4 cm³/mol. The third-order valence-corrected chi connectivity index (χ3v) is 3.53. The van der Waals surface area contributed by atoms with Crippen molar-refractivity contribution in [2.24, 2.45) is 0 Å². The van der Waals surface area contributed by atoms with Crippen molar-refractivity contribution in [2.45, 2.75) is 25.9 Å². The summed E-state index contributed by atoms with van der Waals surface area (Å²) in [7, 11) is 0. The molecule has 0 N–H and O–H groups in total. The summed E-state index contributed by atoms with van der Waals surface area (Å²) in [5.74, 6) is -0.396. The van der Waals surface area contributed by atoms with Crippen LogP contribution in [0.25, 0.3) is 0 Å². The van der Waals surface area contributed by atoms with Crippen LogP contribution >= 0.6 is 0 Å². The fourth-order valence-corrected chi connectivity index (χ4v) is 2.24. The third kappa shape index (κ3) is 4.22. The van der Waals surface area contributed by atoms with Crippen LogP contribution in [0.2, 0.25) is 0 Å². The van der Waals surface area contributed by atoms with Crippen LogP contribution in [-0.4, -0.2) is 6.18 Å². The quantitative estimate of drug-likeness (QED) is 0.650. The smallest absolute Gasteiger partial charge is 0.167 e. The van der Waals surface area contributed by atoms with Gasteiger partial charge >= 0.3 is 6.18 Å². The lowest BCUT2D eigenvalue weighted by Gasteiger charge is -2.16. The van der Waals surface area contributed by atoms with E-state index in [1.54, 1.807) is 0 Å². The summed E-state index contributed by atoms with van der Waals surface area (Å²) in [6.07, 6.45) is -2.76. The predicted octanol–water partition coefficient (Wildman–Crippen LogP) is 5.55. The van der Waals surface area contributed by atoms with E-state index >= 15 is 0 Å². The van der Waals surface area contributed by atoms with E-state index in [1.165, 1.54) is 6.08 Å². The Hall–Kier alpha value is -2.03. The van der Waals surface area contributed by atoms with Crippen LogP contribution in [0.15, 0.2) is 60.7 Å². The molecule has 0 aliphatic rings. The first-order chi connectivity index (χ1) is 9.87. The maximum Gasteiger partial charge on any atom is 0.409 e. The Bertz CT molecular complexity index is 625. The maximum atomic E-state index is 12.5. The standard InChI is InChI=1S/C18H17F3/c1-13-8-9-16(12-14(13)2)17(10-11-18(19,20)21)15-6-4-3-5-7-15/h3-12,17H,1-2H3/b11-10+. The van der Waals surface area contributed by atoms with Crippen LogP contribution in [0.3, 0.4) is 0 Å². The molecule has 3 heteroatoms. The summed E-state index contributed by atoms with van der Waals surface area (Å²) >= 11 is 0. The van der Waals surface area contributed by atoms with Crippen molar-refractivity contribution in [3.63, 3.8) is 0 Å². The molecule has 0 aromatic heterocycles. The Labute approximate surface area is 122 Å². The molecule has 0 heterocycles. The molecule has 0 amide bonds. The highest BCUT2D eigenvalue weighted by atomic mass is 19.4. The van der Waals surface area contributed by atoms with Gasteiger partial charge in [-0.15, -0.1) is 0 Å². The highest BCUT2D eigenvalue weighted by molar-refractivity contribution is 5.40. The van der Waals surface area contributed by atoms with Crippen LogP contribution in [0.5, 0.6) is 0 Å². The number of aryl methyl sites for hydroxylation is 2. The second-order valence-corrected chi connectivity index (χ2v) is 5.13. The van der Waals surface area contributed by atoms with Crippen molar-refractivity contribution in [3.8, 4) is 0 Å². The number of hydrogen-bond acceptors (Lipinski definition) is 0. The summed E-state index contributed by atoms with van der Waals surface area (Å²) in [5, 5.41) is 0. The second kappa shape index (κ2) is 6.17. The molecule has 1 unspecified atom stereocenters. The van der Waals surface area contributed by atoms with Crippen molar-refractivity contribution >= 4 is 0 Å². The van der Waals surface area contributed by atoms with E-state index in [1.807, 2.05) is 62.4 Å². The molecule has 2 rings (SSSR count). The van der Waals surface area contributed by atoms with E-state index < -0.39 is 12.1 Å². The van der Waals surface area contributed by atoms with Gasteiger partial charge in [-0.05, 0) is 36.1 Å². The number of benzene rings is 2. The van der Waals surface area contributed by atoms with Crippen molar-refractivity contribution in [1.29, 1.82) is 0 Å². The maximum absolute atomic E-state index is 12.5. The first-order valence-corrected chi connectivity index (χ1v) is 6.75. The minimum Gasteiger partial charge on any atom is -0.167 e. The van der Waals surface area contributed by atoms with Gasteiger partial charge in [-0.3, -0.25) is 0 Å². The van der Waals surface area contributed by atoms with Gasteiger partial charge < -0.3 is 0 Å². The zero-order valence-corrected chi connectivity index (χ0v) is 12.0. The Kier molecular flexibility index (Phi) is 4.51. The Balaban J connectivity index is 2.45. The molecular weight excluding hydrogens is 273 g/mol. The van der Waals surface area contributed by atoms with Gasteiger partial charge in [0.05, 0.1) is 0 Å². The van der Waals surface area contributed by atoms with Gasteiger partial charge in [0, 0.05) is 12.0 Å². The third-order valence-electron chi connectivity index (χ3n) is 3.53. The minimum atomic E-state index is -4.30. The summed E-state index contributed by atoms with van der Waals surface area (Å²) in [6, 6.07) is 15.0. The van der Waals surface area contributed by atoms with Gasteiger partial charge in [0.2, 0.25) is 0 Å². The van der Waals surface area contributed by atoms with Gasteiger partial charge in [0.25, 0.3) is 0 Å². The first kappa shape index (κ1) is 15.4. The lowest BCUT2D eigenvalue weighted by atomic mass is 9.89. The van der Waals surface area contributed by atoms with Crippen molar-refractivity contribution in [3.05, 3.63) is 82.9 Å². The van der Waals surface area contributed by atoms with E-state index in [2.05, 4.69) is 0 Å². The number of alkyl halides is 3. The topological polar surface area (TPSA) is 0 Å². The molecule has 21 heavy (non-hydrogen) atoms. The van der Waals surface area contributed by atoms with Crippen molar-refractivity contribution < 1.29 is 13.2 Å². The van der Waals surface area contributed by atoms with Crippen molar-refractivity contribution in [2.75, 3.05) is 0 Å². The van der Waals surface area contributed by atoms with Crippen LogP contribution in [0.4, 0.5) is 13.2 Å². The number of halogens is 3. The van der Waals surface area contributed by atoms with Gasteiger partial charge in [0.15, 0.2) is 0 Å². The lowest BCUT2D eigenvalue weighted by molar-refractivity contribution is -0.0800. The van der Waals surface area contributed by atoms with Gasteiger partial charge in [0.1, 0.15) is 0 Å². The van der Waals surface area contributed by atoms with Crippen molar-refractivity contribution in [1.82, 2.24) is 0 Å². The van der Waals surface area contributed by atoms with E-state index in [4.69, 9.17) is 0 Å². The molecular formula is C18H17F3. The van der Waals surface area contributed by atoms with E-state index in [9.17, 15) is 13.2 Å². The molecule has 110 valence electrons. The average Bonchev–Trinajstić information content (AvgIpc) is 2.43. The Morgan fingerprint density at radius 1 is 0.857 bits per heavy atom. The number of rotatable bonds is 3. The fourth-order valence-electron chi connectivity index (χ4n) is 2.24. The van der Waals surface area contributed by atoms with Crippen LogP contribution in [0.1, 0.15) is 28.2 Å². The van der Waals surface area contributed by atoms with Crippen LogP contribution < -0.4 is 0 Å². The van der Waals surface area contributed by atoms with Gasteiger partial charge in [-0.1, -0.05) is 54.6 Å². The monoisotopic (exact) mass is 290 g/mol. The average molecular weight is 290 g/mol. The fraction of sp³-hybridized carbons (Fsp3) is 0.222. The van der Waals surface area contributed by atoms with Gasteiger partial charge in [-0.25, -0.2) is 0 Å². The highest BCUT2D eigenvalue weighted by Crippen LogP contribution is 2.29. The lowest BCUT2D eigenvalue weighted by Crippen LogP contribution is -2.04. The molecule has 0 aliphatic carbocycles. The molecule has 0 saturated heterocycles. The van der Waals surface area contributed by atoms with E-state index in [0.29, 0.717) is 6.08 Å². The molecule has 0 fully saturated rings. The SMILES string of the molecule is Cc1ccc(C(/C=C/C(F)(F)F)c2ccccc2)cc1C. The molecule has 0 aliphatic heterocycles. The van der Waals surface area contributed by atoms with Crippen LogP contribution in [-0.2, 0) is 0 Å². The van der Waals surface area contributed by atoms with Gasteiger partial charge in [-0.2, -0.15) is 13.2 Å². The zero-order valence-electron chi connectivity index (χ0n) is 12.0. The van der Waals surface area contributed by atoms with Crippen LogP contribution in [0, 0.1) is 13.8 Å². The summed E-state index contributed by atoms with van der Waals surface area (Å²) < 4.78 is 37.5. The molecule has 0 spiro atoms. The first-order valence-electron chi connectivity index (χ1n) is 6.75. The molecule has 0 radical (unpaired) electrons. The Morgan fingerprint density at radius 3 is 2.10 bits per heavy atom. The minimum absolute atomic E-state index is 0.319. The van der Waals surface area contributed by atoms with E-state index in [0.717, 1.165) is 22.3 Å². The molecule has 0 nitrogen and oxygen atoms in total. The second-order valence-electron chi connectivity index (χ2n) is 5.13. The summed E-state index contributed by atoms with van der Waals surface area (Å²) in [5.41, 5.74) is 3.92. The Morgan fingerprint density at radius 2 is 1.52 bits per heavy atom. The zero-order chi connectivity index (χ0) is 15.5. The molecule has 2 aromatic rings. The number of hydrogen-bond donors (Lipinski definition) is 0. The van der Waals surface area contributed by atoms with E-state index in [-0.39, 0.29) is 0 Å². The molecule has 1 atom stereocenters. The number of allylic oxidation sites excluding steroid dienone is 2. The molecule has 0 saturated carbocycles. The summed E-state index contributed by atoms with van der Waals surface area (Å²) in [6.45, 7) is 3.95. The normalized spacial score (nSPS) is 13.6. The highest BCUT2D eigenvalue weighted by Gasteiger charge is 2.23. The molecule has 2 aromatic carbocycles.